The summed E-state index contributed by atoms with van der Waals surface area (Å²) in [5, 5.41) is 19.9. The summed E-state index contributed by atoms with van der Waals surface area (Å²) in [4.78, 5) is 46.0. The van der Waals surface area contributed by atoms with Gasteiger partial charge in [-0.2, -0.15) is 18.4 Å². The van der Waals surface area contributed by atoms with Crippen LogP contribution in [0.25, 0.3) is 0 Å². The Kier molecular flexibility index (Phi) is 10.1. The predicted molar refractivity (Wildman–Crippen MR) is 158 cm³/mol. The predicted octanol–water partition coefficient (Wildman–Crippen LogP) is 5.69. The Balaban J connectivity index is 1.52. The Labute approximate surface area is 261 Å². The maximum atomic E-state index is 14.0. The Hall–Kier alpha value is -4.14. The van der Waals surface area contributed by atoms with Crippen molar-refractivity contribution in [2.75, 3.05) is 26.2 Å². The topological polar surface area (TPSA) is 124 Å². The number of carbonyl (C=O) groups excluding carboxylic acids is 2. The van der Waals surface area contributed by atoms with Crippen LogP contribution >= 0.6 is 0 Å². The molecule has 0 aliphatic carbocycles. The molecule has 2 fully saturated rings. The maximum absolute atomic E-state index is 14.0. The molecule has 45 heavy (non-hydrogen) atoms. The van der Waals surface area contributed by atoms with Gasteiger partial charge in [0.15, 0.2) is 0 Å². The van der Waals surface area contributed by atoms with Gasteiger partial charge in [0.25, 0.3) is 5.91 Å². The van der Waals surface area contributed by atoms with Gasteiger partial charge in [-0.15, -0.1) is 0 Å². The zero-order valence-corrected chi connectivity index (χ0v) is 25.8. The molecule has 2 aliphatic rings. The number of piperidine rings is 2. The van der Waals surface area contributed by atoms with Crippen LogP contribution in [-0.4, -0.2) is 70.0 Å². The lowest BCUT2D eigenvalue weighted by molar-refractivity contribution is -0.148. The third kappa shape index (κ3) is 7.08. The highest BCUT2D eigenvalue weighted by molar-refractivity contribution is 5.95. The van der Waals surface area contributed by atoms with E-state index in [1.54, 1.807) is 43.0 Å². The van der Waals surface area contributed by atoms with Crippen molar-refractivity contribution in [2.24, 2.45) is 11.3 Å². The first kappa shape index (κ1) is 33.7. The largest absolute Gasteiger partial charge is 0.492 e. The minimum Gasteiger partial charge on any atom is -0.492 e. The Morgan fingerprint density at radius 3 is 2.42 bits per heavy atom. The number of carboxylic acid groups (broad SMARTS) is 1. The lowest BCUT2D eigenvalue weighted by atomic mass is 9.73. The molecule has 0 bridgehead atoms. The number of aliphatic carboxylic acids is 1. The van der Waals surface area contributed by atoms with E-state index >= 15 is 0 Å². The zero-order valence-electron chi connectivity index (χ0n) is 25.8. The van der Waals surface area contributed by atoms with Crippen molar-refractivity contribution in [1.29, 1.82) is 5.26 Å². The van der Waals surface area contributed by atoms with Gasteiger partial charge in [0, 0.05) is 37.4 Å². The van der Waals surface area contributed by atoms with Gasteiger partial charge in [-0.05, 0) is 64.2 Å². The van der Waals surface area contributed by atoms with E-state index in [0.717, 1.165) is 18.3 Å². The quantitative estimate of drug-likeness (QED) is 0.378. The van der Waals surface area contributed by atoms with Crippen molar-refractivity contribution >= 4 is 17.8 Å². The number of aromatic nitrogens is 1. The van der Waals surface area contributed by atoms with Gasteiger partial charge >= 0.3 is 12.1 Å². The normalized spacial score (nSPS) is 20.3. The molecule has 242 valence electrons. The summed E-state index contributed by atoms with van der Waals surface area (Å²) in [5.74, 6) is -2.19. The van der Waals surface area contributed by atoms with Crippen molar-refractivity contribution in [2.45, 2.75) is 76.9 Å². The number of alkyl halides is 3. The molecule has 12 heteroatoms. The molecule has 9 nitrogen and oxygen atoms in total. The second kappa shape index (κ2) is 13.5. The number of benzene rings is 1. The van der Waals surface area contributed by atoms with Gasteiger partial charge < -0.3 is 19.6 Å². The standard InChI is InChI=1S/C33H39F3N4O5/c1-4-9-25-22(10-8-17-40(25)29(42)27-24(33(34,35)36)12-7-16-38-27)28(41)39-18-14-32(20-37,15-19-39)23-11-5-6-13-26(23)45-21-31(2,3)30(43)44/h5-7,11-13,16,22,25H,4,8-10,14-15,17-19,21H2,1-3H3,(H,43,44). The molecule has 3 heterocycles. The first-order valence-electron chi connectivity index (χ1n) is 15.2. The van der Waals surface area contributed by atoms with Crippen molar-refractivity contribution in [3.8, 4) is 11.8 Å². The van der Waals surface area contributed by atoms with Crippen LogP contribution in [0.5, 0.6) is 5.75 Å². The molecular formula is C33H39F3N4O5. The van der Waals surface area contributed by atoms with E-state index < -0.39 is 52.1 Å². The molecular weight excluding hydrogens is 589 g/mol. The lowest BCUT2D eigenvalue weighted by Gasteiger charge is -2.44. The molecule has 2 atom stereocenters. The smallest absolute Gasteiger partial charge is 0.418 e. The molecule has 2 aromatic rings. The van der Waals surface area contributed by atoms with E-state index in [9.17, 15) is 37.9 Å². The second-order valence-electron chi connectivity index (χ2n) is 12.5. The summed E-state index contributed by atoms with van der Waals surface area (Å²) in [5.41, 5.74) is -3.24. The number of rotatable bonds is 9. The minimum absolute atomic E-state index is 0.0931. The number of nitrogens with zero attached hydrogens (tertiary/aromatic N) is 4. The number of para-hydroxylation sites is 1. The van der Waals surface area contributed by atoms with Crippen molar-refractivity contribution in [1.82, 2.24) is 14.8 Å². The molecule has 2 amide bonds. The number of hydrogen-bond acceptors (Lipinski definition) is 6. The van der Waals surface area contributed by atoms with Crippen molar-refractivity contribution < 1.29 is 37.4 Å². The molecule has 0 saturated carbocycles. The number of amides is 2. The van der Waals surface area contributed by atoms with E-state index in [1.165, 1.54) is 4.90 Å². The molecule has 2 saturated heterocycles. The number of carbonyl (C=O) groups is 3. The number of likely N-dealkylation sites (tertiary alicyclic amines) is 2. The molecule has 1 aromatic heterocycles. The monoisotopic (exact) mass is 628 g/mol. The summed E-state index contributed by atoms with van der Waals surface area (Å²) < 4.78 is 47.1. The average Bonchev–Trinajstić information content (AvgIpc) is 3.03. The average molecular weight is 629 g/mol. The van der Waals surface area contributed by atoms with Gasteiger partial charge in [0.2, 0.25) is 5.91 Å². The SMILES string of the molecule is CCCC1C(C(=O)N2CCC(C#N)(c3ccccc3OCC(C)(C)C(=O)O)CC2)CCCN1C(=O)c1ncccc1C(F)(F)F. The Morgan fingerprint density at radius 1 is 1.11 bits per heavy atom. The molecule has 2 aliphatic heterocycles. The van der Waals surface area contributed by atoms with Gasteiger partial charge in [-0.1, -0.05) is 31.5 Å². The number of nitriles is 1. The highest BCUT2D eigenvalue weighted by Crippen LogP contribution is 2.41. The molecule has 1 aromatic carbocycles. The van der Waals surface area contributed by atoms with Crippen LogP contribution in [0, 0.1) is 22.7 Å². The van der Waals surface area contributed by atoms with E-state index in [1.807, 2.05) is 6.92 Å². The molecule has 0 spiro atoms. The summed E-state index contributed by atoms with van der Waals surface area (Å²) in [6.07, 6.45) is -0.926. The number of halogens is 3. The second-order valence-corrected chi connectivity index (χ2v) is 12.5. The van der Waals surface area contributed by atoms with Gasteiger partial charge in [0.1, 0.15) is 18.1 Å². The van der Waals surface area contributed by atoms with Crippen molar-refractivity contribution in [3.05, 3.63) is 59.4 Å². The maximum Gasteiger partial charge on any atom is 0.418 e. The molecule has 0 radical (unpaired) electrons. The van der Waals surface area contributed by atoms with Gasteiger partial charge in [-0.25, -0.2) is 0 Å². The van der Waals surface area contributed by atoms with Gasteiger partial charge in [0.05, 0.1) is 28.4 Å². The summed E-state index contributed by atoms with van der Waals surface area (Å²) >= 11 is 0. The first-order valence-corrected chi connectivity index (χ1v) is 15.2. The molecule has 1 N–H and O–H groups in total. The number of pyridine rings is 1. The van der Waals surface area contributed by atoms with Crippen LogP contribution in [0.1, 0.15) is 80.9 Å². The minimum atomic E-state index is -4.75. The summed E-state index contributed by atoms with van der Waals surface area (Å²) in [6.45, 7) is 5.68. The molecule has 4 rings (SSSR count). The van der Waals surface area contributed by atoms with E-state index in [4.69, 9.17) is 4.74 Å². The summed E-state index contributed by atoms with van der Waals surface area (Å²) in [6, 6.07) is 10.9. The van der Waals surface area contributed by atoms with Crippen molar-refractivity contribution in [3.63, 3.8) is 0 Å². The third-order valence-corrected chi connectivity index (χ3v) is 8.97. The van der Waals surface area contributed by atoms with Gasteiger partial charge in [-0.3, -0.25) is 19.4 Å². The summed E-state index contributed by atoms with van der Waals surface area (Å²) in [7, 11) is 0. The molecule has 2 unspecified atom stereocenters. The van der Waals surface area contributed by atoms with Crippen LogP contribution < -0.4 is 4.74 Å². The number of carboxylic acids is 1. The fourth-order valence-corrected chi connectivity index (χ4v) is 6.28. The van der Waals surface area contributed by atoms with Crippen LogP contribution in [0.15, 0.2) is 42.6 Å². The van der Waals surface area contributed by atoms with E-state index in [0.29, 0.717) is 49.8 Å². The Morgan fingerprint density at radius 2 is 1.80 bits per heavy atom. The number of ether oxygens (including phenoxy) is 1. The van der Waals surface area contributed by atoms with Crippen LogP contribution in [0.3, 0.4) is 0 Å². The zero-order chi connectivity index (χ0) is 33.0. The van der Waals surface area contributed by atoms with Crippen LogP contribution in [-0.2, 0) is 21.2 Å². The van der Waals surface area contributed by atoms with Crippen LogP contribution in [0.2, 0.25) is 0 Å². The third-order valence-electron chi connectivity index (χ3n) is 8.97. The highest BCUT2D eigenvalue weighted by atomic mass is 19.4. The van der Waals surface area contributed by atoms with E-state index in [2.05, 4.69) is 11.1 Å². The fourth-order valence-electron chi connectivity index (χ4n) is 6.28. The fraction of sp³-hybridized carbons (Fsp3) is 0.545. The Bertz CT molecular complexity index is 1450. The number of hydrogen-bond donors (Lipinski definition) is 1. The van der Waals surface area contributed by atoms with Crippen LogP contribution in [0.4, 0.5) is 13.2 Å². The lowest BCUT2D eigenvalue weighted by Crippen LogP contribution is -2.55. The highest BCUT2D eigenvalue weighted by Gasteiger charge is 2.45. The van der Waals surface area contributed by atoms with E-state index in [-0.39, 0.29) is 32.1 Å². The first-order chi connectivity index (χ1) is 21.3.